The smallest absolute Gasteiger partial charge is 0.245 e. The molecule has 0 bridgehead atoms. The Kier molecular flexibility index (Phi) is 4.45. The molecule has 25 heavy (non-hydrogen) atoms. The van der Waals surface area contributed by atoms with Crippen LogP contribution in [-0.2, 0) is 16.8 Å². The number of nitrogens with two attached hydrogens (primary N) is 1. The quantitative estimate of drug-likeness (QED) is 0.842. The van der Waals surface area contributed by atoms with Crippen LogP contribution >= 0.6 is 0 Å². The van der Waals surface area contributed by atoms with E-state index in [-0.39, 0.29) is 11.4 Å². The molecular weight excluding hydrogens is 314 g/mol. The second-order valence-corrected chi connectivity index (χ2v) is 7.67. The van der Waals surface area contributed by atoms with Gasteiger partial charge in [-0.25, -0.2) is 4.68 Å². The van der Waals surface area contributed by atoms with E-state index < -0.39 is 0 Å². The average molecular weight is 341 g/mol. The molecule has 1 aromatic carbocycles. The summed E-state index contributed by atoms with van der Waals surface area (Å²) in [5, 5.41) is 7.52. The SMILES string of the molecule is Cc1cc(NC(=O)CN2CCCc3c(N)cccc32)n(C(C)(C)C)n1. The van der Waals surface area contributed by atoms with Crippen LogP contribution in [0.2, 0.25) is 0 Å². The number of benzene rings is 1. The van der Waals surface area contributed by atoms with Gasteiger partial charge in [-0.3, -0.25) is 4.79 Å². The summed E-state index contributed by atoms with van der Waals surface area (Å²) in [4.78, 5) is 14.7. The summed E-state index contributed by atoms with van der Waals surface area (Å²) < 4.78 is 1.86. The first-order chi connectivity index (χ1) is 11.8. The largest absolute Gasteiger partial charge is 0.398 e. The average Bonchev–Trinajstić information content (AvgIpc) is 2.89. The van der Waals surface area contributed by atoms with E-state index >= 15 is 0 Å². The number of rotatable bonds is 3. The third-order valence-corrected chi connectivity index (χ3v) is 4.45. The Morgan fingerprint density at radius 1 is 1.36 bits per heavy atom. The van der Waals surface area contributed by atoms with Crippen molar-refractivity contribution in [3.8, 4) is 0 Å². The summed E-state index contributed by atoms with van der Waals surface area (Å²) in [5.74, 6) is 0.695. The number of nitrogens with one attached hydrogen (secondary N) is 1. The van der Waals surface area contributed by atoms with Crippen LogP contribution < -0.4 is 16.0 Å². The van der Waals surface area contributed by atoms with E-state index in [1.807, 2.05) is 35.9 Å². The van der Waals surface area contributed by atoms with Gasteiger partial charge in [0.2, 0.25) is 5.91 Å². The molecule has 0 unspecified atom stereocenters. The van der Waals surface area contributed by atoms with Gasteiger partial charge in [-0.15, -0.1) is 0 Å². The molecule has 0 radical (unpaired) electrons. The van der Waals surface area contributed by atoms with Crippen LogP contribution in [0.25, 0.3) is 0 Å². The second-order valence-electron chi connectivity index (χ2n) is 7.67. The Labute approximate surface area is 149 Å². The topological polar surface area (TPSA) is 76.2 Å². The van der Waals surface area contributed by atoms with Crippen LogP contribution in [0.1, 0.15) is 38.4 Å². The van der Waals surface area contributed by atoms with Gasteiger partial charge in [0.05, 0.1) is 17.8 Å². The maximum absolute atomic E-state index is 12.6. The molecule has 6 nitrogen and oxygen atoms in total. The molecule has 0 atom stereocenters. The Balaban J connectivity index is 1.76. The fourth-order valence-electron chi connectivity index (χ4n) is 3.35. The van der Waals surface area contributed by atoms with E-state index in [2.05, 4.69) is 36.1 Å². The number of amides is 1. The lowest BCUT2D eigenvalue weighted by molar-refractivity contribution is -0.115. The number of hydrogen-bond donors (Lipinski definition) is 2. The number of anilines is 3. The number of fused-ring (bicyclic) bond motifs is 1. The Bertz CT molecular complexity index is 788. The highest BCUT2D eigenvalue weighted by atomic mass is 16.2. The molecule has 0 saturated heterocycles. The van der Waals surface area contributed by atoms with Crippen LogP contribution in [0.4, 0.5) is 17.2 Å². The molecular formula is C19H27N5O. The first-order valence-corrected chi connectivity index (χ1v) is 8.75. The van der Waals surface area contributed by atoms with Crippen molar-refractivity contribution in [3.05, 3.63) is 35.5 Å². The number of nitrogen functional groups attached to an aromatic ring is 1. The number of carbonyl (C=O) groups excluding carboxylic acids is 1. The zero-order chi connectivity index (χ0) is 18.2. The van der Waals surface area contributed by atoms with Gasteiger partial charge in [0, 0.05) is 24.0 Å². The molecule has 1 aromatic heterocycles. The van der Waals surface area contributed by atoms with Gasteiger partial charge < -0.3 is 16.0 Å². The van der Waals surface area contributed by atoms with Crippen LogP contribution in [0.5, 0.6) is 0 Å². The molecule has 134 valence electrons. The molecule has 2 aromatic rings. The van der Waals surface area contributed by atoms with Gasteiger partial charge in [-0.2, -0.15) is 5.10 Å². The van der Waals surface area contributed by atoms with Crippen molar-refractivity contribution in [1.29, 1.82) is 0 Å². The molecule has 0 aliphatic carbocycles. The molecule has 1 amide bonds. The summed E-state index contributed by atoms with van der Waals surface area (Å²) in [5.41, 5.74) is 9.82. The molecule has 3 rings (SSSR count). The Hall–Kier alpha value is -2.50. The third kappa shape index (κ3) is 3.62. The molecule has 1 aliphatic heterocycles. The second kappa shape index (κ2) is 6.43. The lowest BCUT2D eigenvalue weighted by Crippen LogP contribution is -2.37. The predicted octanol–water partition coefficient (Wildman–Crippen LogP) is 2.92. The highest BCUT2D eigenvalue weighted by Crippen LogP contribution is 2.31. The lowest BCUT2D eigenvalue weighted by Gasteiger charge is -2.31. The number of aromatic nitrogens is 2. The third-order valence-electron chi connectivity index (χ3n) is 4.45. The molecule has 1 aliphatic rings. The molecule has 6 heteroatoms. The summed E-state index contributed by atoms with van der Waals surface area (Å²) >= 11 is 0. The minimum absolute atomic E-state index is 0.0410. The van der Waals surface area contributed by atoms with Crippen molar-refractivity contribution in [3.63, 3.8) is 0 Å². The highest BCUT2D eigenvalue weighted by molar-refractivity contribution is 5.93. The minimum Gasteiger partial charge on any atom is -0.398 e. The summed E-state index contributed by atoms with van der Waals surface area (Å²) in [6, 6.07) is 7.82. The standard InChI is InChI=1S/C19H27N5O/c1-13-11-17(24(22-13)19(2,3)4)21-18(25)12-23-10-6-7-14-15(20)8-5-9-16(14)23/h5,8-9,11H,6-7,10,12,20H2,1-4H3,(H,21,25). The van der Waals surface area contributed by atoms with Crippen LogP contribution in [0, 0.1) is 6.92 Å². The van der Waals surface area contributed by atoms with Gasteiger partial charge in [-0.1, -0.05) is 6.07 Å². The maximum Gasteiger partial charge on any atom is 0.245 e. The number of nitrogens with zero attached hydrogens (tertiary/aromatic N) is 3. The number of aryl methyl sites for hydroxylation is 1. The first-order valence-electron chi connectivity index (χ1n) is 8.75. The van der Waals surface area contributed by atoms with Gasteiger partial charge >= 0.3 is 0 Å². The Morgan fingerprint density at radius 2 is 2.12 bits per heavy atom. The first kappa shape index (κ1) is 17.3. The fraction of sp³-hybridized carbons (Fsp3) is 0.474. The maximum atomic E-state index is 12.6. The number of carbonyl (C=O) groups is 1. The van der Waals surface area contributed by atoms with E-state index in [1.54, 1.807) is 0 Å². The van der Waals surface area contributed by atoms with E-state index in [4.69, 9.17) is 5.73 Å². The van der Waals surface area contributed by atoms with Crippen LogP contribution in [-0.4, -0.2) is 28.8 Å². The summed E-state index contributed by atoms with van der Waals surface area (Å²) in [6.07, 6.45) is 1.98. The molecule has 0 fully saturated rings. The molecule has 3 N–H and O–H groups in total. The number of hydrogen-bond acceptors (Lipinski definition) is 4. The molecule has 0 saturated carbocycles. The van der Waals surface area contributed by atoms with Crippen molar-refractivity contribution in [2.45, 2.75) is 46.1 Å². The monoisotopic (exact) mass is 341 g/mol. The van der Waals surface area contributed by atoms with Crippen molar-refractivity contribution >= 4 is 23.1 Å². The molecule has 0 spiro atoms. The van der Waals surface area contributed by atoms with Crippen LogP contribution in [0.15, 0.2) is 24.3 Å². The van der Waals surface area contributed by atoms with Crippen molar-refractivity contribution in [2.24, 2.45) is 0 Å². The Morgan fingerprint density at radius 3 is 2.84 bits per heavy atom. The van der Waals surface area contributed by atoms with Gasteiger partial charge in [0.25, 0.3) is 0 Å². The van der Waals surface area contributed by atoms with Crippen molar-refractivity contribution in [1.82, 2.24) is 9.78 Å². The van der Waals surface area contributed by atoms with Gasteiger partial charge in [-0.05, 0) is 58.2 Å². The van der Waals surface area contributed by atoms with E-state index in [0.717, 1.165) is 47.8 Å². The normalized spacial score (nSPS) is 14.3. The van der Waals surface area contributed by atoms with Gasteiger partial charge in [0.15, 0.2) is 0 Å². The van der Waals surface area contributed by atoms with Crippen LogP contribution in [0.3, 0.4) is 0 Å². The van der Waals surface area contributed by atoms with Crippen molar-refractivity contribution < 1.29 is 4.79 Å². The predicted molar refractivity (Wildman–Crippen MR) is 102 cm³/mol. The van der Waals surface area contributed by atoms with Gasteiger partial charge in [0.1, 0.15) is 5.82 Å². The molecule has 2 heterocycles. The summed E-state index contributed by atoms with van der Waals surface area (Å²) in [6.45, 7) is 9.31. The zero-order valence-electron chi connectivity index (χ0n) is 15.5. The van der Waals surface area contributed by atoms with Crippen molar-refractivity contribution in [2.75, 3.05) is 29.0 Å². The summed E-state index contributed by atoms with van der Waals surface area (Å²) in [7, 11) is 0. The zero-order valence-corrected chi connectivity index (χ0v) is 15.5. The van der Waals surface area contributed by atoms with E-state index in [0.29, 0.717) is 6.54 Å². The lowest BCUT2D eigenvalue weighted by atomic mass is 10.00. The minimum atomic E-state index is -0.191. The highest BCUT2D eigenvalue weighted by Gasteiger charge is 2.23. The fourth-order valence-corrected chi connectivity index (χ4v) is 3.35. The van der Waals surface area contributed by atoms with E-state index in [1.165, 1.54) is 0 Å². The van der Waals surface area contributed by atoms with E-state index in [9.17, 15) is 4.79 Å².